The summed E-state index contributed by atoms with van der Waals surface area (Å²) in [4.78, 5) is 30.0. The number of hydrogen-bond acceptors (Lipinski definition) is 7. The largest absolute Gasteiger partial charge is 0.456 e. The monoisotopic (exact) mass is 824 g/mol. The number of aromatic nitrogens is 6. The third-order valence-electron chi connectivity index (χ3n) is 11.8. The molecule has 0 amide bonds. The Labute approximate surface area is 370 Å². The molecule has 7 nitrogen and oxygen atoms in total. The predicted molar refractivity (Wildman–Crippen MR) is 257 cm³/mol. The first-order valence-electron chi connectivity index (χ1n) is 21.4. The molecule has 0 saturated carbocycles. The Morgan fingerprint density at radius 3 is 1.50 bits per heavy atom. The van der Waals surface area contributed by atoms with Crippen LogP contribution in [0.15, 0.2) is 192 Å². The van der Waals surface area contributed by atoms with E-state index in [9.17, 15) is 0 Å². The highest BCUT2D eigenvalue weighted by atomic mass is 16.3. The number of allylic oxidation sites excluding steroid dienone is 2. The Bertz CT molecular complexity index is 3540. The van der Waals surface area contributed by atoms with Gasteiger partial charge >= 0.3 is 0 Å². The summed E-state index contributed by atoms with van der Waals surface area (Å²) < 4.78 is 6.48. The molecule has 0 aliphatic heterocycles. The molecule has 304 valence electrons. The molecule has 64 heavy (non-hydrogen) atoms. The van der Waals surface area contributed by atoms with Gasteiger partial charge in [0.2, 0.25) is 0 Å². The summed E-state index contributed by atoms with van der Waals surface area (Å²) in [5, 5.41) is 2.09. The molecule has 1 unspecified atom stereocenters. The summed E-state index contributed by atoms with van der Waals surface area (Å²) in [6, 6.07) is 59.9. The van der Waals surface area contributed by atoms with E-state index in [0.717, 1.165) is 82.8 Å². The summed E-state index contributed by atoms with van der Waals surface area (Å²) in [5.41, 5.74) is 12.7. The number of hydrogen-bond donors (Lipinski definition) is 0. The molecule has 0 saturated heterocycles. The van der Waals surface area contributed by atoms with Gasteiger partial charge in [-0.1, -0.05) is 170 Å². The first kappa shape index (κ1) is 38.5. The molecule has 1 atom stereocenters. The number of fused-ring (bicyclic) bond motifs is 3. The smallest absolute Gasteiger partial charge is 0.164 e. The van der Waals surface area contributed by atoms with Gasteiger partial charge in [0, 0.05) is 49.9 Å². The molecule has 0 N–H and O–H groups in total. The van der Waals surface area contributed by atoms with E-state index in [0.29, 0.717) is 34.9 Å². The lowest BCUT2D eigenvalue weighted by atomic mass is 9.95. The SMILES string of the molecule is Cc1ccccc1-c1nc(-c2ccccc2)nc(-c2cccc(-c3ccc4oc5c(c4c3)=CC(c3cccc(-c4nc(-c6ccccc6)nc(-c6ccccc6C)n4)c3)C=CC=5)c2)n1. The molecule has 0 radical (unpaired) electrons. The maximum Gasteiger partial charge on any atom is 0.164 e. The molecule has 0 spiro atoms. The molecule has 11 rings (SSSR count). The highest BCUT2D eigenvalue weighted by Gasteiger charge is 2.18. The zero-order valence-electron chi connectivity index (χ0n) is 35.2. The van der Waals surface area contributed by atoms with Crippen molar-refractivity contribution in [2.75, 3.05) is 0 Å². The van der Waals surface area contributed by atoms with E-state index in [1.54, 1.807) is 0 Å². The summed E-state index contributed by atoms with van der Waals surface area (Å²) >= 11 is 0. The lowest BCUT2D eigenvalue weighted by Crippen LogP contribution is -2.19. The fourth-order valence-electron chi connectivity index (χ4n) is 8.37. The predicted octanol–water partition coefficient (Wildman–Crippen LogP) is 12.0. The van der Waals surface area contributed by atoms with Crippen LogP contribution in [0, 0.1) is 13.8 Å². The van der Waals surface area contributed by atoms with Crippen molar-refractivity contribution in [1.29, 1.82) is 0 Å². The lowest BCUT2D eigenvalue weighted by Gasteiger charge is -2.12. The minimum Gasteiger partial charge on any atom is -0.456 e. The second kappa shape index (κ2) is 16.5. The average Bonchev–Trinajstić information content (AvgIpc) is 3.55. The first-order chi connectivity index (χ1) is 31.5. The van der Waals surface area contributed by atoms with Gasteiger partial charge in [-0.2, -0.15) is 0 Å². The Hall–Kier alpha value is -8.42. The summed E-state index contributed by atoms with van der Waals surface area (Å²) in [7, 11) is 0. The van der Waals surface area contributed by atoms with Gasteiger partial charge in [0.1, 0.15) is 11.0 Å². The summed E-state index contributed by atoms with van der Waals surface area (Å²) in [5.74, 6) is 3.77. The van der Waals surface area contributed by atoms with Crippen LogP contribution in [-0.2, 0) is 0 Å². The molecule has 7 heteroatoms. The fourth-order valence-corrected chi connectivity index (χ4v) is 8.37. The Morgan fingerprint density at radius 1 is 0.406 bits per heavy atom. The van der Waals surface area contributed by atoms with Crippen molar-refractivity contribution >= 4 is 23.1 Å². The molecule has 3 aromatic heterocycles. The van der Waals surface area contributed by atoms with E-state index < -0.39 is 0 Å². The molecule has 1 aliphatic rings. The second-order valence-electron chi connectivity index (χ2n) is 16.0. The van der Waals surface area contributed by atoms with Crippen LogP contribution in [0.2, 0.25) is 0 Å². The zero-order chi connectivity index (χ0) is 43.0. The highest BCUT2D eigenvalue weighted by molar-refractivity contribution is 5.86. The molecule has 0 bridgehead atoms. The van der Waals surface area contributed by atoms with Crippen molar-refractivity contribution in [1.82, 2.24) is 29.9 Å². The van der Waals surface area contributed by atoms with Gasteiger partial charge in [-0.15, -0.1) is 0 Å². The molecular formula is C57H40N6O. The normalized spacial score (nSPS) is 13.2. The van der Waals surface area contributed by atoms with Crippen LogP contribution < -0.4 is 10.6 Å². The molecule has 3 heterocycles. The number of aryl methyl sites for hydroxylation is 2. The van der Waals surface area contributed by atoms with E-state index in [2.05, 4.69) is 129 Å². The molecule has 7 aromatic carbocycles. The van der Waals surface area contributed by atoms with Crippen LogP contribution in [-0.4, -0.2) is 29.9 Å². The van der Waals surface area contributed by atoms with Gasteiger partial charge in [-0.05, 0) is 72.0 Å². The van der Waals surface area contributed by atoms with Crippen molar-refractivity contribution in [2.24, 2.45) is 0 Å². The van der Waals surface area contributed by atoms with E-state index >= 15 is 0 Å². The van der Waals surface area contributed by atoms with Crippen LogP contribution in [0.4, 0.5) is 0 Å². The van der Waals surface area contributed by atoms with E-state index in [-0.39, 0.29) is 5.92 Å². The molecule has 10 aromatic rings. The lowest BCUT2D eigenvalue weighted by molar-refractivity contribution is 0.576. The van der Waals surface area contributed by atoms with Gasteiger partial charge in [0.25, 0.3) is 0 Å². The fraction of sp³-hybridized carbons (Fsp3) is 0.0526. The van der Waals surface area contributed by atoms with Crippen molar-refractivity contribution < 1.29 is 4.42 Å². The van der Waals surface area contributed by atoms with E-state index in [1.165, 1.54) is 0 Å². The number of rotatable bonds is 8. The van der Waals surface area contributed by atoms with Gasteiger partial charge in [0.05, 0.1) is 0 Å². The van der Waals surface area contributed by atoms with Crippen molar-refractivity contribution in [3.63, 3.8) is 0 Å². The Kier molecular flexibility index (Phi) is 9.90. The summed E-state index contributed by atoms with van der Waals surface area (Å²) in [6.07, 6.45) is 8.65. The van der Waals surface area contributed by atoms with Crippen molar-refractivity contribution in [2.45, 2.75) is 19.8 Å². The van der Waals surface area contributed by atoms with Crippen LogP contribution >= 0.6 is 0 Å². The quantitative estimate of drug-likeness (QED) is 0.151. The number of benzene rings is 7. The van der Waals surface area contributed by atoms with Crippen LogP contribution in [0.1, 0.15) is 22.6 Å². The first-order valence-corrected chi connectivity index (χ1v) is 21.4. The standard InChI is InChI=1S/C57H40N6O/c1-36-16-9-11-27-46(36)56-60-52(38-18-5-3-6-19-38)58-54(62-56)44-25-13-22-40(32-44)42-24-15-29-50-48(34-42)49-35-43(30-31-51(49)64-50)41-23-14-26-45(33-41)55-59-53(39-20-7-4-8-21-39)61-57(63-55)47-28-12-10-17-37(47)2/h3-35,42H,1-2H3. The maximum atomic E-state index is 6.48. The van der Waals surface area contributed by atoms with Gasteiger partial charge in [-0.3, -0.25) is 0 Å². The minimum absolute atomic E-state index is 0.0402. The number of nitrogens with zero attached hydrogens (tertiary/aromatic N) is 6. The molecule has 1 aliphatic carbocycles. The third-order valence-corrected chi connectivity index (χ3v) is 11.8. The average molecular weight is 825 g/mol. The minimum atomic E-state index is -0.0402. The van der Waals surface area contributed by atoms with Crippen molar-refractivity contribution in [3.8, 4) is 79.5 Å². The second-order valence-corrected chi connectivity index (χ2v) is 16.0. The van der Waals surface area contributed by atoms with Crippen LogP contribution in [0.5, 0.6) is 0 Å². The van der Waals surface area contributed by atoms with Gasteiger partial charge in [0.15, 0.2) is 34.9 Å². The summed E-state index contributed by atoms with van der Waals surface area (Å²) in [6.45, 7) is 4.17. The number of furan rings is 1. The van der Waals surface area contributed by atoms with Gasteiger partial charge < -0.3 is 4.42 Å². The maximum absolute atomic E-state index is 6.48. The highest BCUT2D eigenvalue weighted by Crippen LogP contribution is 2.32. The van der Waals surface area contributed by atoms with E-state index in [1.807, 2.05) is 84.9 Å². The Balaban J connectivity index is 0.969. The topological polar surface area (TPSA) is 90.5 Å². The van der Waals surface area contributed by atoms with Crippen LogP contribution in [0.3, 0.4) is 0 Å². The van der Waals surface area contributed by atoms with E-state index in [4.69, 9.17) is 34.3 Å². The van der Waals surface area contributed by atoms with Crippen molar-refractivity contribution in [3.05, 3.63) is 215 Å². The zero-order valence-corrected chi connectivity index (χ0v) is 35.2. The van der Waals surface area contributed by atoms with Crippen LogP contribution in [0.25, 0.3) is 103 Å². The molecule has 0 fully saturated rings. The third kappa shape index (κ3) is 7.50. The molecular weight excluding hydrogens is 785 g/mol. The Morgan fingerprint density at radius 2 is 0.891 bits per heavy atom. The van der Waals surface area contributed by atoms with Gasteiger partial charge in [-0.25, -0.2) is 29.9 Å².